The van der Waals surface area contributed by atoms with Crippen LogP contribution < -0.4 is 11.1 Å². The van der Waals surface area contributed by atoms with Gasteiger partial charge < -0.3 is 15.6 Å². The minimum Gasteiger partial charge on any atom is -0.397 e. The molecule has 18 heavy (non-hydrogen) atoms. The Hall–Kier alpha value is -1.71. The molecule has 1 atom stereocenters. The summed E-state index contributed by atoms with van der Waals surface area (Å²) in [5.41, 5.74) is 7.19. The highest BCUT2D eigenvalue weighted by atomic mass is 16.2. The monoisotopic (exact) mass is 245 g/mol. The van der Waals surface area contributed by atoms with E-state index in [9.17, 15) is 4.79 Å². The first-order valence-electron chi connectivity index (χ1n) is 6.67. The zero-order valence-corrected chi connectivity index (χ0v) is 10.4. The molecule has 1 heterocycles. The van der Waals surface area contributed by atoms with E-state index in [4.69, 9.17) is 5.73 Å². The average Bonchev–Trinajstić information content (AvgIpc) is 3.13. The number of hydrogen-bond donors (Lipinski definition) is 2. The quantitative estimate of drug-likeness (QED) is 0.802. The smallest absolute Gasteiger partial charge is 0.268 e. The Bertz CT molecular complexity index is 485. The van der Waals surface area contributed by atoms with Crippen LogP contribution >= 0.6 is 0 Å². The Morgan fingerprint density at radius 1 is 1.33 bits per heavy atom. The molecule has 1 amide bonds. The first kappa shape index (κ1) is 11.4. The maximum atomic E-state index is 12.3. The number of carbonyl (C=O) groups is 1. The molecule has 0 aromatic carbocycles. The molecule has 0 radical (unpaired) electrons. The summed E-state index contributed by atoms with van der Waals surface area (Å²) in [6.07, 6.45) is 11.5. The topological polar surface area (TPSA) is 60.1 Å². The van der Waals surface area contributed by atoms with Gasteiger partial charge in [0.25, 0.3) is 5.91 Å². The average molecular weight is 245 g/mol. The molecule has 3 rings (SSSR count). The molecule has 3 N–H and O–H groups in total. The highest BCUT2D eigenvalue weighted by Gasteiger charge is 2.28. The molecule has 96 valence electrons. The van der Waals surface area contributed by atoms with Gasteiger partial charge in [-0.25, -0.2) is 0 Å². The van der Waals surface area contributed by atoms with Crippen molar-refractivity contribution in [3.8, 4) is 0 Å². The fourth-order valence-corrected chi connectivity index (χ4v) is 2.52. The van der Waals surface area contributed by atoms with Crippen LogP contribution in [0, 0.1) is 0 Å². The van der Waals surface area contributed by atoms with Crippen LogP contribution in [0.4, 0.5) is 5.69 Å². The van der Waals surface area contributed by atoms with Crippen LogP contribution in [0.5, 0.6) is 0 Å². The Morgan fingerprint density at radius 3 is 2.83 bits per heavy atom. The summed E-state index contributed by atoms with van der Waals surface area (Å²) >= 11 is 0. The lowest BCUT2D eigenvalue weighted by Gasteiger charge is -2.19. The van der Waals surface area contributed by atoms with E-state index >= 15 is 0 Å². The molecule has 0 aliphatic heterocycles. The van der Waals surface area contributed by atoms with Crippen molar-refractivity contribution in [1.82, 2.24) is 9.88 Å². The fraction of sp³-hybridized carbons (Fsp3) is 0.500. The second-order valence-electron chi connectivity index (χ2n) is 5.25. The number of allylic oxidation sites excluding steroid dienone is 1. The standard InChI is InChI=1S/C14H19N3O/c15-10-8-13(17(9-10)12-6-7-12)14(18)16-11-4-2-1-3-5-11/h1-2,8-9,11-12H,3-7,15H2,(H,16,18). The van der Waals surface area contributed by atoms with Crippen molar-refractivity contribution in [2.75, 3.05) is 5.73 Å². The zero-order chi connectivity index (χ0) is 12.5. The van der Waals surface area contributed by atoms with Crippen LogP contribution in [0.15, 0.2) is 24.4 Å². The van der Waals surface area contributed by atoms with Gasteiger partial charge in [0.1, 0.15) is 5.69 Å². The van der Waals surface area contributed by atoms with Gasteiger partial charge in [-0.3, -0.25) is 4.79 Å². The van der Waals surface area contributed by atoms with Gasteiger partial charge in [-0.05, 0) is 38.2 Å². The van der Waals surface area contributed by atoms with Crippen LogP contribution in [-0.2, 0) is 0 Å². The first-order chi connectivity index (χ1) is 8.74. The molecule has 1 aromatic rings. The van der Waals surface area contributed by atoms with Gasteiger partial charge in [0.05, 0.1) is 5.69 Å². The van der Waals surface area contributed by atoms with Crippen LogP contribution in [0.1, 0.15) is 48.6 Å². The van der Waals surface area contributed by atoms with Crippen molar-refractivity contribution in [3.05, 3.63) is 30.1 Å². The molecule has 1 saturated carbocycles. The normalized spacial score (nSPS) is 23.0. The lowest BCUT2D eigenvalue weighted by Crippen LogP contribution is -2.36. The molecular formula is C14H19N3O. The number of nitrogens with one attached hydrogen (secondary N) is 1. The van der Waals surface area contributed by atoms with Crippen molar-refractivity contribution in [1.29, 1.82) is 0 Å². The van der Waals surface area contributed by atoms with Crippen LogP contribution in [0.2, 0.25) is 0 Å². The fourth-order valence-electron chi connectivity index (χ4n) is 2.52. The highest BCUT2D eigenvalue weighted by Crippen LogP contribution is 2.37. The second kappa shape index (κ2) is 4.52. The van der Waals surface area contributed by atoms with Gasteiger partial charge >= 0.3 is 0 Å². The van der Waals surface area contributed by atoms with E-state index in [1.807, 2.05) is 10.8 Å². The van der Waals surface area contributed by atoms with E-state index in [0.29, 0.717) is 17.4 Å². The van der Waals surface area contributed by atoms with Crippen LogP contribution in [0.25, 0.3) is 0 Å². The molecule has 2 aliphatic rings. The van der Waals surface area contributed by atoms with E-state index in [1.54, 1.807) is 6.07 Å². The third kappa shape index (κ3) is 2.28. The minimum absolute atomic E-state index is 0.0129. The molecule has 4 heteroatoms. The predicted octanol–water partition coefficient (Wildman–Crippen LogP) is 2.24. The molecule has 0 bridgehead atoms. The van der Waals surface area contributed by atoms with E-state index in [1.165, 1.54) is 0 Å². The number of nitrogens with two attached hydrogens (primary N) is 1. The van der Waals surface area contributed by atoms with Gasteiger partial charge in [0, 0.05) is 18.3 Å². The Kier molecular flexibility index (Phi) is 2.86. The molecule has 2 aliphatic carbocycles. The molecular weight excluding hydrogens is 226 g/mol. The maximum Gasteiger partial charge on any atom is 0.268 e. The van der Waals surface area contributed by atoms with Gasteiger partial charge in [-0.15, -0.1) is 0 Å². The molecule has 1 aromatic heterocycles. The summed E-state index contributed by atoms with van der Waals surface area (Å²) in [6, 6.07) is 2.53. The molecule has 0 saturated heterocycles. The Labute approximate surface area is 107 Å². The number of nitrogen functional groups attached to an aromatic ring is 1. The van der Waals surface area contributed by atoms with Gasteiger partial charge in [0.15, 0.2) is 0 Å². The minimum atomic E-state index is 0.0129. The zero-order valence-electron chi connectivity index (χ0n) is 10.4. The van der Waals surface area contributed by atoms with Gasteiger partial charge in [0.2, 0.25) is 0 Å². The SMILES string of the molecule is Nc1cc(C(=O)NC2CC=CCC2)n(C2CC2)c1. The van der Waals surface area contributed by atoms with Crippen molar-refractivity contribution in [2.45, 2.75) is 44.2 Å². The van der Waals surface area contributed by atoms with E-state index < -0.39 is 0 Å². The van der Waals surface area contributed by atoms with Crippen LogP contribution in [0.3, 0.4) is 0 Å². The summed E-state index contributed by atoms with van der Waals surface area (Å²) in [5.74, 6) is 0.0129. The number of nitrogens with zero attached hydrogens (tertiary/aromatic N) is 1. The molecule has 0 spiro atoms. The van der Waals surface area contributed by atoms with E-state index in [2.05, 4.69) is 17.5 Å². The summed E-state index contributed by atoms with van der Waals surface area (Å²) in [5, 5.41) is 3.10. The summed E-state index contributed by atoms with van der Waals surface area (Å²) in [6.45, 7) is 0. The van der Waals surface area contributed by atoms with Gasteiger partial charge in [-0.2, -0.15) is 0 Å². The number of anilines is 1. The summed E-state index contributed by atoms with van der Waals surface area (Å²) in [4.78, 5) is 12.3. The number of hydrogen-bond acceptors (Lipinski definition) is 2. The largest absolute Gasteiger partial charge is 0.397 e. The van der Waals surface area contributed by atoms with Crippen LogP contribution in [-0.4, -0.2) is 16.5 Å². The maximum absolute atomic E-state index is 12.3. The summed E-state index contributed by atoms with van der Waals surface area (Å²) < 4.78 is 2.03. The van der Waals surface area contributed by atoms with E-state index in [0.717, 1.165) is 32.1 Å². The predicted molar refractivity (Wildman–Crippen MR) is 71.4 cm³/mol. The lowest BCUT2D eigenvalue weighted by molar-refractivity contribution is 0.0925. The number of carbonyl (C=O) groups excluding carboxylic acids is 1. The second-order valence-corrected chi connectivity index (χ2v) is 5.25. The highest BCUT2D eigenvalue weighted by molar-refractivity contribution is 5.94. The Morgan fingerprint density at radius 2 is 2.17 bits per heavy atom. The van der Waals surface area contributed by atoms with Crippen molar-refractivity contribution in [3.63, 3.8) is 0 Å². The van der Waals surface area contributed by atoms with Crippen molar-refractivity contribution >= 4 is 11.6 Å². The summed E-state index contributed by atoms with van der Waals surface area (Å²) in [7, 11) is 0. The number of amides is 1. The molecule has 1 fully saturated rings. The lowest BCUT2D eigenvalue weighted by atomic mass is 10.0. The third-order valence-corrected chi connectivity index (χ3v) is 3.65. The third-order valence-electron chi connectivity index (χ3n) is 3.65. The number of aromatic nitrogens is 1. The van der Waals surface area contributed by atoms with E-state index in [-0.39, 0.29) is 11.9 Å². The Balaban J connectivity index is 1.73. The number of rotatable bonds is 3. The van der Waals surface area contributed by atoms with Crippen molar-refractivity contribution in [2.24, 2.45) is 0 Å². The van der Waals surface area contributed by atoms with Crippen molar-refractivity contribution < 1.29 is 4.79 Å². The molecule has 4 nitrogen and oxygen atoms in total. The first-order valence-corrected chi connectivity index (χ1v) is 6.67. The molecule has 1 unspecified atom stereocenters. The van der Waals surface area contributed by atoms with Gasteiger partial charge in [-0.1, -0.05) is 12.2 Å².